The van der Waals surface area contributed by atoms with Gasteiger partial charge >= 0.3 is 0 Å². The molecule has 1 N–H and O–H groups in total. The molecule has 5 nitrogen and oxygen atoms in total. The number of nitrogens with one attached hydrogen (secondary N) is 1. The fourth-order valence-electron chi connectivity index (χ4n) is 1.22. The Morgan fingerprint density at radius 3 is 2.81 bits per heavy atom. The van der Waals surface area contributed by atoms with Crippen LogP contribution in [0.25, 0.3) is 0 Å². The molecule has 0 radical (unpaired) electrons. The van der Waals surface area contributed by atoms with Crippen LogP contribution in [0.1, 0.15) is 10.5 Å². The lowest BCUT2D eigenvalue weighted by Crippen LogP contribution is -2.15. The number of carbonyl (C=O) groups is 1. The summed E-state index contributed by atoms with van der Waals surface area (Å²) in [4.78, 5) is 18.9. The Balaban J connectivity index is 2.14. The summed E-state index contributed by atoms with van der Waals surface area (Å²) in [6.45, 7) is 0. The molecule has 0 bridgehead atoms. The van der Waals surface area contributed by atoms with E-state index < -0.39 is 5.95 Å². The Bertz CT molecular complexity index is 506. The first-order valence-electron chi connectivity index (χ1n) is 4.56. The molecule has 1 amide bonds. The number of aromatic nitrogens is 3. The zero-order valence-electron chi connectivity index (χ0n) is 8.51. The van der Waals surface area contributed by atoms with E-state index in [2.05, 4.69) is 15.3 Å². The molecule has 2 aromatic rings. The lowest BCUT2D eigenvalue weighted by atomic mass is 10.3. The third-order valence-electron chi connectivity index (χ3n) is 2.03. The molecule has 0 saturated heterocycles. The zero-order valence-corrected chi connectivity index (χ0v) is 8.51. The van der Waals surface area contributed by atoms with Crippen LogP contribution in [-0.4, -0.2) is 20.4 Å². The number of hydrogen-bond donors (Lipinski definition) is 1. The summed E-state index contributed by atoms with van der Waals surface area (Å²) in [5, 5.41) is 2.58. The van der Waals surface area contributed by atoms with Crippen molar-refractivity contribution in [2.75, 3.05) is 5.32 Å². The summed E-state index contributed by atoms with van der Waals surface area (Å²) in [6, 6.07) is 2.62. The minimum absolute atomic E-state index is 0.312. The number of aryl methyl sites for hydroxylation is 1. The van der Waals surface area contributed by atoms with Crippen LogP contribution in [-0.2, 0) is 7.05 Å². The van der Waals surface area contributed by atoms with Gasteiger partial charge in [-0.1, -0.05) is 0 Å². The molecule has 0 aliphatic carbocycles. The predicted octanol–water partition coefficient (Wildman–Crippen LogP) is 1.21. The van der Waals surface area contributed by atoms with Crippen molar-refractivity contribution in [2.24, 2.45) is 7.05 Å². The molecule has 0 aromatic carbocycles. The van der Waals surface area contributed by atoms with Crippen LogP contribution >= 0.6 is 0 Å². The Morgan fingerprint density at radius 2 is 2.25 bits per heavy atom. The maximum atomic E-state index is 12.5. The smallest absolute Gasteiger partial charge is 0.273 e. The largest absolute Gasteiger partial charge is 0.330 e. The number of nitrogens with zero attached hydrogens (tertiary/aromatic N) is 3. The molecule has 0 aliphatic rings. The highest BCUT2D eigenvalue weighted by molar-refractivity contribution is 6.02. The van der Waals surface area contributed by atoms with E-state index in [1.54, 1.807) is 11.6 Å². The van der Waals surface area contributed by atoms with Gasteiger partial charge in [-0.15, -0.1) is 0 Å². The van der Waals surface area contributed by atoms with E-state index in [1.165, 1.54) is 30.9 Å². The van der Waals surface area contributed by atoms with Gasteiger partial charge in [-0.05, 0) is 12.1 Å². The Kier molecular flexibility index (Phi) is 2.63. The Hall–Kier alpha value is -2.24. The molecule has 2 rings (SSSR count). The van der Waals surface area contributed by atoms with Crippen LogP contribution in [0.5, 0.6) is 0 Å². The van der Waals surface area contributed by atoms with Gasteiger partial charge in [0.05, 0.1) is 24.4 Å². The quantitative estimate of drug-likeness (QED) is 0.774. The van der Waals surface area contributed by atoms with Crippen molar-refractivity contribution in [1.82, 2.24) is 14.5 Å². The van der Waals surface area contributed by atoms with Crippen LogP contribution < -0.4 is 5.32 Å². The number of amides is 1. The number of pyridine rings is 1. The highest BCUT2D eigenvalue weighted by Gasteiger charge is 2.09. The number of rotatable bonds is 2. The van der Waals surface area contributed by atoms with Crippen LogP contribution in [0.3, 0.4) is 0 Å². The summed E-state index contributed by atoms with van der Waals surface area (Å²) in [5.74, 6) is -0.896. The van der Waals surface area contributed by atoms with Gasteiger partial charge in [0.1, 0.15) is 5.69 Å². The van der Waals surface area contributed by atoms with Gasteiger partial charge in [0.15, 0.2) is 0 Å². The third kappa shape index (κ3) is 2.05. The monoisotopic (exact) mass is 220 g/mol. The number of hydrogen-bond acceptors (Lipinski definition) is 3. The van der Waals surface area contributed by atoms with Gasteiger partial charge in [-0.2, -0.15) is 4.39 Å². The van der Waals surface area contributed by atoms with Gasteiger partial charge < -0.3 is 9.88 Å². The molecule has 2 aromatic heterocycles. The van der Waals surface area contributed by atoms with E-state index in [0.29, 0.717) is 11.4 Å². The molecule has 82 valence electrons. The third-order valence-corrected chi connectivity index (χ3v) is 2.03. The molecule has 0 atom stereocenters. The van der Waals surface area contributed by atoms with Crippen molar-refractivity contribution >= 4 is 11.6 Å². The van der Waals surface area contributed by atoms with Gasteiger partial charge in [0.25, 0.3) is 5.91 Å². The van der Waals surface area contributed by atoms with Crippen LogP contribution in [0, 0.1) is 5.95 Å². The van der Waals surface area contributed by atoms with Crippen molar-refractivity contribution in [3.8, 4) is 0 Å². The molecule has 0 unspecified atom stereocenters. The number of imidazole rings is 1. The molecule has 0 aliphatic heterocycles. The summed E-state index contributed by atoms with van der Waals surface area (Å²) >= 11 is 0. The molecule has 2 heterocycles. The van der Waals surface area contributed by atoms with Gasteiger partial charge in [0.2, 0.25) is 5.95 Å². The Labute approximate surface area is 91.0 Å². The van der Waals surface area contributed by atoms with E-state index in [-0.39, 0.29) is 5.91 Å². The first-order chi connectivity index (χ1) is 7.66. The SMILES string of the molecule is Cn1cncc1C(=O)Nc1ccc(F)nc1. The molecular formula is C10H9FN4O. The van der Waals surface area contributed by atoms with Gasteiger partial charge in [0, 0.05) is 7.05 Å². The molecular weight excluding hydrogens is 211 g/mol. The average Bonchev–Trinajstić information content (AvgIpc) is 2.68. The van der Waals surface area contributed by atoms with E-state index in [4.69, 9.17) is 0 Å². The zero-order chi connectivity index (χ0) is 11.5. The highest BCUT2D eigenvalue weighted by Crippen LogP contribution is 2.07. The second-order valence-corrected chi connectivity index (χ2v) is 3.21. The minimum Gasteiger partial charge on any atom is -0.330 e. The van der Waals surface area contributed by atoms with Gasteiger partial charge in [-0.3, -0.25) is 4.79 Å². The predicted molar refractivity (Wildman–Crippen MR) is 55.4 cm³/mol. The van der Waals surface area contributed by atoms with Crippen molar-refractivity contribution in [3.05, 3.63) is 42.5 Å². The minimum atomic E-state index is -0.585. The lowest BCUT2D eigenvalue weighted by molar-refractivity contribution is 0.101. The topological polar surface area (TPSA) is 59.8 Å². The molecule has 16 heavy (non-hydrogen) atoms. The van der Waals surface area contributed by atoms with Crippen molar-refractivity contribution in [3.63, 3.8) is 0 Å². The van der Waals surface area contributed by atoms with Crippen LogP contribution in [0.15, 0.2) is 30.9 Å². The first-order valence-corrected chi connectivity index (χ1v) is 4.56. The maximum Gasteiger partial charge on any atom is 0.273 e. The molecule has 6 heteroatoms. The number of halogens is 1. The van der Waals surface area contributed by atoms with Crippen molar-refractivity contribution < 1.29 is 9.18 Å². The second kappa shape index (κ2) is 4.09. The lowest BCUT2D eigenvalue weighted by Gasteiger charge is -2.04. The number of carbonyl (C=O) groups excluding carboxylic acids is 1. The highest BCUT2D eigenvalue weighted by atomic mass is 19.1. The Morgan fingerprint density at radius 1 is 1.44 bits per heavy atom. The summed E-state index contributed by atoms with van der Waals surface area (Å²) in [7, 11) is 1.71. The number of anilines is 1. The second-order valence-electron chi connectivity index (χ2n) is 3.21. The standard InChI is InChI=1S/C10H9FN4O/c1-15-6-12-5-8(15)10(16)14-7-2-3-9(11)13-4-7/h2-6H,1H3,(H,14,16). The molecule has 0 saturated carbocycles. The fraction of sp³-hybridized carbons (Fsp3) is 0.100. The first kappa shape index (κ1) is 10.3. The molecule has 0 spiro atoms. The van der Waals surface area contributed by atoms with Crippen molar-refractivity contribution in [1.29, 1.82) is 0 Å². The normalized spacial score (nSPS) is 10.1. The van der Waals surface area contributed by atoms with Gasteiger partial charge in [-0.25, -0.2) is 9.97 Å². The maximum absolute atomic E-state index is 12.5. The van der Waals surface area contributed by atoms with Crippen molar-refractivity contribution in [2.45, 2.75) is 0 Å². The summed E-state index contributed by atoms with van der Waals surface area (Å²) in [5.41, 5.74) is 0.858. The van der Waals surface area contributed by atoms with Crippen LogP contribution in [0.4, 0.5) is 10.1 Å². The van der Waals surface area contributed by atoms with E-state index in [1.807, 2.05) is 0 Å². The fourth-order valence-corrected chi connectivity index (χ4v) is 1.22. The van der Waals surface area contributed by atoms with Crippen LogP contribution in [0.2, 0.25) is 0 Å². The molecule has 0 fully saturated rings. The van der Waals surface area contributed by atoms with E-state index in [9.17, 15) is 9.18 Å². The van der Waals surface area contributed by atoms with E-state index in [0.717, 1.165) is 0 Å². The average molecular weight is 220 g/mol. The summed E-state index contributed by atoms with van der Waals surface area (Å²) in [6.07, 6.45) is 4.23. The summed E-state index contributed by atoms with van der Waals surface area (Å²) < 4.78 is 14.1. The van der Waals surface area contributed by atoms with E-state index >= 15 is 0 Å².